The maximum atomic E-state index is 12.2. The molecular weight excluding hydrogens is 298 g/mol. The number of ketones is 1. The Kier molecular flexibility index (Phi) is 4.31. The molecule has 1 aliphatic rings. The van der Waals surface area contributed by atoms with E-state index < -0.39 is 11.5 Å². The lowest BCUT2D eigenvalue weighted by molar-refractivity contribution is -0.124. The Bertz CT molecular complexity index is 724. The van der Waals surface area contributed by atoms with Gasteiger partial charge in [0.1, 0.15) is 11.2 Å². The Balaban J connectivity index is 2.58. The standard InChI is InChI=1S/C16H19N3O4/c1-8(2)16(4)15(22)18-13(19-16)12-11(14(21)23-5)6-10(7-17-12)9(3)20/h6-8H,1-5H3,(H,18,19,22). The summed E-state index contributed by atoms with van der Waals surface area (Å²) < 4.78 is 4.74. The Morgan fingerprint density at radius 1 is 1.35 bits per heavy atom. The molecule has 1 atom stereocenters. The number of aromatic nitrogens is 1. The molecule has 0 aromatic carbocycles. The molecule has 1 amide bonds. The van der Waals surface area contributed by atoms with Gasteiger partial charge < -0.3 is 10.1 Å². The van der Waals surface area contributed by atoms with Crippen LogP contribution in [0.1, 0.15) is 54.1 Å². The van der Waals surface area contributed by atoms with E-state index >= 15 is 0 Å². The van der Waals surface area contributed by atoms with E-state index in [9.17, 15) is 14.4 Å². The van der Waals surface area contributed by atoms with Crippen LogP contribution in [-0.2, 0) is 9.53 Å². The summed E-state index contributed by atoms with van der Waals surface area (Å²) in [5.74, 6) is -0.945. The average molecular weight is 317 g/mol. The molecule has 1 unspecified atom stereocenters. The summed E-state index contributed by atoms with van der Waals surface area (Å²) in [6, 6.07) is 1.40. The molecule has 2 heterocycles. The van der Waals surface area contributed by atoms with E-state index in [0.29, 0.717) is 0 Å². The summed E-state index contributed by atoms with van der Waals surface area (Å²) in [6.07, 6.45) is 1.35. The molecule has 0 fully saturated rings. The molecule has 7 nitrogen and oxygen atoms in total. The molecule has 7 heteroatoms. The minimum absolute atomic E-state index is 0.0296. The number of nitrogens with one attached hydrogen (secondary N) is 1. The van der Waals surface area contributed by atoms with E-state index in [-0.39, 0.29) is 40.3 Å². The largest absolute Gasteiger partial charge is 0.465 e. The molecule has 0 radical (unpaired) electrons. The van der Waals surface area contributed by atoms with Gasteiger partial charge in [0, 0.05) is 11.8 Å². The van der Waals surface area contributed by atoms with Gasteiger partial charge in [-0.1, -0.05) is 13.8 Å². The van der Waals surface area contributed by atoms with Crippen LogP contribution in [0.2, 0.25) is 0 Å². The second-order valence-electron chi connectivity index (χ2n) is 5.88. The summed E-state index contributed by atoms with van der Waals surface area (Å²) in [4.78, 5) is 44.3. The fourth-order valence-corrected chi connectivity index (χ4v) is 2.16. The third kappa shape index (κ3) is 2.86. The van der Waals surface area contributed by atoms with Gasteiger partial charge >= 0.3 is 5.97 Å². The summed E-state index contributed by atoms with van der Waals surface area (Å²) in [6.45, 7) is 6.88. The quantitative estimate of drug-likeness (QED) is 0.668. The van der Waals surface area contributed by atoms with Crippen molar-refractivity contribution in [1.82, 2.24) is 10.3 Å². The first-order valence-electron chi connectivity index (χ1n) is 7.21. The molecular formula is C16H19N3O4. The molecule has 0 bridgehead atoms. The van der Waals surface area contributed by atoms with Gasteiger partial charge in [-0.05, 0) is 25.8 Å². The normalized spacial score (nSPS) is 20.3. The van der Waals surface area contributed by atoms with E-state index in [1.807, 2.05) is 13.8 Å². The van der Waals surface area contributed by atoms with Crippen molar-refractivity contribution in [2.45, 2.75) is 33.2 Å². The number of ether oxygens (including phenoxy) is 1. The molecule has 0 aliphatic carbocycles. The Morgan fingerprint density at radius 2 is 2.00 bits per heavy atom. The van der Waals surface area contributed by atoms with Crippen LogP contribution in [0.15, 0.2) is 17.3 Å². The molecule has 0 saturated carbocycles. The Morgan fingerprint density at radius 3 is 2.48 bits per heavy atom. The van der Waals surface area contributed by atoms with Gasteiger partial charge in [-0.2, -0.15) is 0 Å². The highest BCUT2D eigenvalue weighted by Gasteiger charge is 2.43. The zero-order chi connectivity index (χ0) is 17.4. The lowest BCUT2D eigenvalue weighted by Gasteiger charge is -2.21. The molecule has 2 rings (SSSR count). The van der Waals surface area contributed by atoms with Gasteiger partial charge in [-0.25, -0.2) is 9.79 Å². The fourth-order valence-electron chi connectivity index (χ4n) is 2.16. The van der Waals surface area contributed by atoms with E-state index in [1.165, 1.54) is 26.3 Å². The molecule has 0 saturated heterocycles. The zero-order valence-electron chi connectivity index (χ0n) is 13.8. The number of pyridine rings is 1. The van der Waals surface area contributed by atoms with Gasteiger partial charge in [0.2, 0.25) is 0 Å². The number of nitrogens with zero attached hydrogens (tertiary/aromatic N) is 2. The third-order valence-corrected chi connectivity index (χ3v) is 4.08. The van der Waals surface area contributed by atoms with Crippen LogP contribution < -0.4 is 5.32 Å². The summed E-state index contributed by atoms with van der Waals surface area (Å²) in [7, 11) is 1.24. The second-order valence-corrected chi connectivity index (χ2v) is 5.88. The van der Waals surface area contributed by atoms with Gasteiger partial charge in [0.15, 0.2) is 11.6 Å². The number of Topliss-reactive ketones (excluding diaryl/α,β-unsaturated/α-hetero) is 1. The predicted octanol–water partition coefficient (Wildman–Crippen LogP) is 1.36. The molecule has 1 aromatic heterocycles. The monoisotopic (exact) mass is 317 g/mol. The van der Waals surface area contributed by atoms with Crippen LogP contribution in [0.4, 0.5) is 0 Å². The molecule has 1 aromatic rings. The number of methoxy groups -OCH3 is 1. The zero-order valence-corrected chi connectivity index (χ0v) is 13.8. The minimum atomic E-state index is -0.927. The van der Waals surface area contributed by atoms with Crippen LogP contribution >= 0.6 is 0 Å². The lowest BCUT2D eigenvalue weighted by atomic mass is 9.89. The second kappa shape index (κ2) is 5.91. The summed E-state index contributed by atoms with van der Waals surface area (Å²) >= 11 is 0. The fraction of sp³-hybridized carbons (Fsp3) is 0.438. The molecule has 0 spiro atoms. The van der Waals surface area contributed by atoms with Gasteiger partial charge in [-0.15, -0.1) is 0 Å². The van der Waals surface area contributed by atoms with E-state index in [2.05, 4.69) is 15.3 Å². The maximum Gasteiger partial charge on any atom is 0.340 e. The lowest BCUT2D eigenvalue weighted by Crippen LogP contribution is -2.41. The van der Waals surface area contributed by atoms with Crippen molar-refractivity contribution in [3.05, 3.63) is 29.1 Å². The highest BCUT2D eigenvalue weighted by atomic mass is 16.5. The van der Waals surface area contributed by atoms with E-state index in [4.69, 9.17) is 4.74 Å². The number of amidine groups is 1. The number of carbonyl (C=O) groups excluding carboxylic acids is 3. The number of hydrogen-bond donors (Lipinski definition) is 1. The average Bonchev–Trinajstić information content (AvgIpc) is 2.82. The van der Waals surface area contributed by atoms with Crippen molar-refractivity contribution in [1.29, 1.82) is 0 Å². The van der Waals surface area contributed by atoms with Crippen molar-refractivity contribution in [3.63, 3.8) is 0 Å². The molecule has 122 valence electrons. The van der Waals surface area contributed by atoms with Crippen molar-refractivity contribution in [2.75, 3.05) is 7.11 Å². The number of aliphatic imine (C=N–C) groups is 1. The highest BCUT2D eigenvalue weighted by Crippen LogP contribution is 2.27. The first-order valence-corrected chi connectivity index (χ1v) is 7.21. The smallest absolute Gasteiger partial charge is 0.340 e. The molecule has 23 heavy (non-hydrogen) atoms. The summed E-state index contributed by atoms with van der Waals surface area (Å²) in [5.41, 5.74) is -0.360. The van der Waals surface area contributed by atoms with Crippen LogP contribution in [0, 0.1) is 5.92 Å². The van der Waals surface area contributed by atoms with Gasteiger partial charge in [0.05, 0.1) is 12.7 Å². The van der Waals surface area contributed by atoms with Crippen molar-refractivity contribution < 1.29 is 19.1 Å². The third-order valence-electron chi connectivity index (χ3n) is 4.08. The van der Waals surface area contributed by atoms with Crippen molar-refractivity contribution in [3.8, 4) is 0 Å². The maximum absolute atomic E-state index is 12.2. The number of rotatable bonds is 4. The number of hydrogen-bond acceptors (Lipinski definition) is 6. The van der Waals surface area contributed by atoms with Crippen molar-refractivity contribution in [2.24, 2.45) is 10.9 Å². The molecule has 1 N–H and O–H groups in total. The topological polar surface area (TPSA) is 97.7 Å². The number of esters is 1. The SMILES string of the molecule is COC(=O)c1cc(C(C)=O)cnc1C1=NC(C)(C(C)C)C(=O)N1. The Labute approximate surface area is 134 Å². The predicted molar refractivity (Wildman–Crippen MR) is 83.5 cm³/mol. The first kappa shape index (κ1) is 16.8. The van der Waals surface area contributed by atoms with E-state index in [0.717, 1.165) is 0 Å². The van der Waals surface area contributed by atoms with Gasteiger partial charge in [-0.3, -0.25) is 14.6 Å². The minimum Gasteiger partial charge on any atom is -0.465 e. The van der Waals surface area contributed by atoms with Crippen LogP contribution in [0.3, 0.4) is 0 Å². The first-order chi connectivity index (χ1) is 10.7. The summed E-state index contributed by atoms with van der Waals surface area (Å²) in [5, 5.41) is 2.67. The van der Waals surface area contributed by atoms with Crippen molar-refractivity contribution >= 4 is 23.5 Å². The van der Waals surface area contributed by atoms with Gasteiger partial charge in [0.25, 0.3) is 5.91 Å². The van der Waals surface area contributed by atoms with E-state index in [1.54, 1.807) is 6.92 Å². The number of amides is 1. The van der Waals surface area contributed by atoms with Crippen LogP contribution in [0.5, 0.6) is 0 Å². The van der Waals surface area contributed by atoms with Crippen LogP contribution in [-0.4, -0.2) is 41.1 Å². The number of carbonyl (C=O) groups is 3. The van der Waals surface area contributed by atoms with Crippen LogP contribution in [0.25, 0.3) is 0 Å². The molecule has 1 aliphatic heterocycles. The highest BCUT2D eigenvalue weighted by molar-refractivity contribution is 6.17. The Hall–Kier alpha value is -2.57.